The summed E-state index contributed by atoms with van der Waals surface area (Å²) >= 11 is 0. The molecule has 1 aromatic carbocycles. The first kappa shape index (κ1) is 15.5. The van der Waals surface area contributed by atoms with Gasteiger partial charge >= 0.3 is 11.7 Å². The van der Waals surface area contributed by atoms with E-state index in [1.807, 2.05) is 19.1 Å². The maximum absolute atomic E-state index is 11.6. The summed E-state index contributed by atoms with van der Waals surface area (Å²) < 4.78 is 11.1. The van der Waals surface area contributed by atoms with Crippen molar-refractivity contribution in [2.75, 3.05) is 14.2 Å². The van der Waals surface area contributed by atoms with Gasteiger partial charge in [-0.3, -0.25) is 14.8 Å². The number of rotatable bonds is 5. The third kappa shape index (κ3) is 2.90. The number of aromatic nitrogens is 2. The van der Waals surface area contributed by atoms with Crippen LogP contribution in [0.1, 0.15) is 21.6 Å². The summed E-state index contributed by atoms with van der Waals surface area (Å²) in [5.41, 5.74) is 1.08. The molecule has 0 saturated heterocycles. The van der Waals surface area contributed by atoms with E-state index in [9.17, 15) is 14.9 Å². The van der Waals surface area contributed by atoms with Crippen molar-refractivity contribution in [1.29, 1.82) is 0 Å². The Kier molecular flexibility index (Phi) is 4.40. The number of benzene rings is 1. The average Bonchev–Trinajstić information content (AvgIpc) is 2.92. The number of aryl methyl sites for hydroxylation is 1. The second-order valence-electron chi connectivity index (χ2n) is 4.56. The Bertz CT molecular complexity index is 723. The first-order chi connectivity index (χ1) is 10.5. The smallest absolute Gasteiger partial charge is 0.365 e. The molecule has 1 heterocycles. The van der Waals surface area contributed by atoms with Crippen molar-refractivity contribution in [2.45, 2.75) is 13.5 Å². The number of nitro groups is 1. The number of hydrogen-bond donors (Lipinski definition) is 0. The molecule has 0 fully saturated rings. The molecule has 0 unspecified atom stereocenters. The first-order valence-corrected chi connectivity index (χ1v) is 6.40. The van der Waals surface area contributed by atoms with Crippen molar-refractivity contribution in [3.05, 3.63) is 51.3 Å². The summed E-state index contributed by atoms with van der Waals surface area (Å²) in [7, 11) is 2.69. The highest BCUT2D eigenvalue weighted by Gasteiger charge is 2.26. The highest BCUT2D eigenvalue weighted by molar-refractivity contribution is 5.91. The van der Waals surface area contributed by atoms with Crippen molar-refractivity contribution >= 4 is 11.7 Å². The molecule has 2 rings (SSSR count). The van der Waals surface area contributed by atoms with Crippen LogP contribution in [0.3, 0.4) is 0 Å². The van der Waals surface area contributed by atoms with Crippen molar-refractivity contribution in [3.8, 4) is 5.75 Å². The van der Waals surface area contributed by atoms with Crippen molar-refractivity contribution in [2.24, 2.45) is 0 Å². The Balaban J connectivity index is 2.43. The van der Waals surface area contributed by atoms with E-state index in [0.717, 1.165) is 18.2 Å². The molecule has 0 amide bonds. The SMILES string of the molecule is COC(=O)c1nn(Cc2c(C)cccc2OC)cc1[N+](=O)[O-]. The molecule has 0 aliphatic heterocycles. The van der Waals surface area contributed by atoms with Crippen LogP contribution < -0.4 is 4.74 Å². The highest BCUT2D eigenvalue weighted by atomic mass is 16.6. The number of methoxy groups -OCH3 is 2. The molecule has 2 aromatic rings. The summed E-state index contributed by atoms with van der Waals surface area (Å²) in [5.74, 6) is -0.194. The van der Waals surface area contributed by atoms with Gasteiger partial charge in [-0.2, -0.15) is 5.10 Å². The molecule has 116 valence electrons. The van der Waals surface area contributed by atoms with Gasteiger partial charge in [-0.05, 0) is 18.6 Å². The van der Waals surface area contributed by atoms with Crippen LogP contribution in [0.4, 0.5) is 5.69 Å². The monoisotopic (exact) mass is 305 g/mol. The fraction of sp³-hybridized carbons (Fsp3) is 0.286. The van der Waals surface area contributed by atoms with Crippen LogP contribution in [0.25, 0.3) is 0 Å². The summed E-state index contributed by atoms with van der Waals surface area (Å²) in [6, 6.07) is 5.54. The number of carbonyl (C=O) groups excluding carboxylic acids is 1. The molecule has 0 atom stereocenters. The van der Waals surface area contributed by atoms with E-state index in [2.05, 4.69) is 9.84 Å². The molecule has 22 heavy (non-hydrogen) atoms. The fourth-order valence-electron chi connectivity index (χ4n) is 2.10. The number of hydrogen-bond acceptors (Lipinski definition) is 6. The normalized spacial score (nSPS) is 10.3. The third-order valence-corrected chi connectivity index (χ3v) is 3.23. The van der Waals surface area contributed by atoms with E-state index < -0.39 is 10.9 Å². The molecular formula is C14H15N3O5. The van der Waals surface area contributed by atoms with Crippen LogP contribution in [0.15, 0.2) is 24.4 Å². The minimum absolute atomic E-state index is 0.244. The maximum atomic E-state index is 11.6. The van der Waals surface area contributed by atoms with Gasteiger partial charge in [-0.1, -0.05) is 12.1 Å². The van der Waals surface area contributed by atoms with Crippen LogP contribution in [-0.4, -0.2) is 34.9 Å². The van der Waals surface area contributed by atoms with Crippen molar-refractivity contribution in [3.63, 3.8) is 0 Å². The zero-order chi connectivity index (χ0) is 16.3. The Labute approximate surface area is 126 Å². The van der Waals surface area contributed by atoms with Crippen molar-refractivity contribution in [1.82, 2.24) is 9.78 Å². The van der Waals surface area contributed by atoms with Gasteiger partial charge in [0.15, 0.2) is 0 Å². The van der Waals surface area contributed by atoms with Gasteiger partial charge in [0.1, 0.15) is 11.9 Å². The van der Waals surface area contributed by atoms with Crippen LogP contribution >= 0.6 is 0 Å². The standard InChI is InChI=1S/C14H15N3O5/c1-9-5-4-6-12(21-2)10(9)7-16-8-11(17(19)20)13(15-16)14(18)22-3/h4-6,8H,7H2,1-3H3. The number of ether oxygens (including phenoxy) is 2. The van der Waals surface area contributed by atoms with Crippen LogP contribution in [-0.2, 0) is 11.3 Å². The molecular weight excluding hydrogens is 290 g/mol. The summed E-state index contributed by atoms with van der Waals surface area (Å²) in [4.78, 5) is 21.9. The molecule has 8 heteroatoms. The van der Waals surface area contributed by atoms with E-state index in [1.54, 1.807) is 13.2 Å². The predicted octanol–water partition coefficient (Wildman–Crippen LogP) is 1.94. The fourth-order valence-corrected chi connectivity index (χ4v) is 2.10. The lowest BCUT2D eigenvalue weighted by molar-refractivity contribution is -0.385. The Morgan fingerprint density at radius 1 is 1.41 bits per heavy atom. The molecule has 1 aromatic heterocycles. The first-order valence-electron chi connectivity index (χ1n) is 6.40. The van der Waals surface area contributed by atoms with Crippen LogP contribution in [0.2, 0.25) is 0 Å². The molecule has 0 aliphatic carbocycles. The number of nitrogens with zero attached hydrogens (tertiary/aromatic N) is 3. The van der Waals surface area contributed by atoms with Crippen molar-refractivity contribution < 1.29 is 19.2 Å². The lowest BCUT2D eigenvalue weighted by Gasteiger charge is -2.11. The molecule has 0 aliphatic rings. The van der Waals surface area contributed by atoms with E-state index in [1.165, 1.54) is 10.9 Å². The third-order valence-electron chi connectivity index (χ3n) is 3.23. The molecule has 8 nitrogen and oxygen atoms in total. The molecule has 0 saturated carbocycles. The van der Waals surface area contributed by atoms with Gasteiger partial charge in [0, 0.05) is 5.56 Å². The zero-order valence-electron chi connectivity index (χ0n) is 12.4. The summed E-state index contributed by atoms with van der Waals surface area (Å²) in [6.07, 6.45) is 1.21. The quantitative estimate of drug-likeness (QED) is 0.476. The Morgan fingerprint density at radius 3 is 2.73 bits per heavy atom. The van der Waals surface area contributed by atoms with E-state index in [-0.39, 0.29) is 17.9 Å². The zero-order valence-corrected chi connectivity index (χ0v) is 12.4. The lowest BCUT2D eigenvalue weighted by Crippen LogP contribution is -2.08. The van der Waals surface area contributed by atoms with Gasteiger partial charge in [-0.15, -0.1) is 0 Å². The van der Waals surface area contributed by atoms with Crippen LogP contribution in [0.5, 0.6) is 5.75 Å². The molecule has 0 spiro atoms. The molecule has 0 bridgehead atoms. The van der Waals surface area contributed by atoms with Gasteiger partial charge in [0.2, 0.25) is 5.69 Å². The summed E-state index contributed by atoms with van der Waals surface area (Å²) in [6.45, 7) is 2.14. The maximum Gasteiger partial charge on any atom is 0.365 e. The van der Waals surface area contributed by atoms with Gasteiger partial charge < -0.3 is 9.47 Å². The predicted molar refractivity (Wildman–Crippen MR) is 77.1 cm³/mol. The van der Waals surface area contributed by atoms with Crippen LogP contribution in [0, 0.1) is 17.0 Å². The number of carbonyl (C=O) groups is 1. The summed E-state index contributed by atoms with van der Waals surface area (Å²) in [5, 5.41) is 15.0. The second-order valence-corrected chi connectivity index (χ2v) is 4.56. The minimum atomic E-state index is -0.845. The highest BCUT2D eigenvalue weighted by Crippen LogP contribution is 2.24. The van der Waals surface area contributed by atoms with Gasteiger partial charge in [0.05, 0.1) is 25.7 Å². The Morgan fingerprint density at radius 2 is 2.14 bits per heavy atom. The van der Waals surface area contributed by atoms with E-state index >= 15 is 0 Å². The largest absolute Gasteiger partial charge is 0.496 e. The van der Waals surface area contributed by atoms with Gasteiger partial charge in [-0.25, -0.2) is 4.79 Å². The van der Waals surface area contributed by atoms with Gasteiger partial charge in [0.25, 0.3) is 0 Å². The lowest BCUT2D eigenvalue weighted by atomic mass is 10.1. The average molecular weight is 305 g/mol. The number of esters is 1. The Hall–Kier alpha value is -2.90. The second kappa shape index (κ2) is 6.25. The van der Waals surface area contributed by atoms with E-state index in [4.69, 9.17) is 4.74 Å². The van der Waals surface area contributed by atoms with E-state index in [0.29, 0.717) is 5.75 Å². The topological polar surface area (TPSA) is 96.5 Å². The minimum Gasteiger partial charge on any atom is -0.496 e. The molecule has 0 radical (unpaired) electrons. The molecule has 0 N–H and O–H groups in total.